The van der Waals surface area contributed by atoms with Crippen LogP contribution in [0.4, 0.5) is 18.9 Å². The Hall–Kier alpha value is -3.85. The number of rotatable bonds is 6. The molecule has 2 heterocycles. The molecule has 4 rings (SSSR count). The smallest absolute Gasteiger partial charge is 0.422 e. The van der Waals surface area contributed by atoms with E-state index in [0.717, 1.165) is 17.3 Å². The van der Waals surface area contributed by atoms with Crippen molar-refractivity contribution in [3.63, 3.8) is 0 Å². The van der Waals surface area contributed by atoms with Crippen molar-refractivity contribution < 1.29 is 22.7 Å². The topological polar surface area (TPSA) is 79.9 Å². The van der Waals surface area contributed by atoms with Crippen LogP contribution < -0.4 is 10.1 Å². The molecular weight excluding hydrogens is 457 g/mol. The molecule has 0 aliphatic heterocycles. The minimum absolute atomic E-state index is 0.0861. The summed E-state index contributed by atoms with van der Waals surface area (Å²) in [4.78, 5) is 23.9. The number of aromatic amines is 1. The Labute approximate surface area is 191 Å². The molecule has 33 heavy (non-hydrogen) atoms. The van der Waals surface area contributed by atoms with E-state index in [1.807, 2.05) is 30.3 Å². The molecule has 1 amide bonds. The summed E-state index contributed by atoms with van der Waals surface area (Å²) in [6.07, 6.45) is -1.63. The Bertz CT molecular complexity index is 1280. The van der Waals surface area contributed by atoms with Crippen molar-refractivity contribution in [1.29, 1.82) is 0 Å². The lowest BCUT2D eigenvalue weighted by atomic mass is 10.1. The van der Waals surface area contributed by atoms with Gasteiger partial charge in [-0.1, -0.05) is 41.9 Å². The third kappa shape index (κ3) is 5.69. The van der Waals surface area contributed by atoms with E-state index >= 15 is 0 Å². The largest absolute Gasteiger partial charge is 0.468 e. The number of halogens is 4. The molecule has 6 nitrogen and oxygen atoms in total. The van der Waals surface area contributed by atoms with Crippen LogP contribution in [-0.2, 0) is 0 Å². The van der Waals surface area contributed by atoms with Crippen molar-refractivity contribution in [2.45, 2.75) is 6.18 Å². The quantitative estimate of drug-likeness (QED) is 0.361. The number of hydrogen-bond donors (Lipinski definition) is 2. The summed E-state index contributed by atoms with van der Waals surface area (Å²) >= 11 is 6.34. The maximum atomic E-state index is 12.6. The first-order valence-electron chi connectivity index (χ1n) is 9.66. The van der Waals surface area contributed by atoms with Gasteiger partial charge in [0.1, 0.15) is 5.82 Å². The molecule has 0 aliphatic carbocycles. The van der Waals surface area contributed by atoms with E-state index in [-0.39, 0.29) is 11.4 Å². The van der Waals surface area contributed by atoms with Crippen molar-refractivity contribution >= 4 is 23.2 Å². The number of nitrogens with one attached hydrogen (secondary N) is 2. The number of aromatic nitrogens is 3. The highest BCUT2D eigenvalue weighted by molar-refractivity contribution is 6.33. The summed E-state index contributed by atoms with van der Waals surface area (Å²) in [5.41, 5.74) is 2.84. The Kier molecular flexibility index (Phi) is 6.32. The summed E-state index contributed by atoms with van der Waals surface area (Å²) in [5.74, 6) is -0.338. The SMILES string of the molecule is O=C(Nc1ccc(Cl)c(-c2ncc(-c3ccccc3)[nH]2)c1)c1ccnc(OCC(F)(F)F)c1. The van der Waals surface area contributed by atoms with Crippen LogP contribution in [0, 0.1) is 0 Å². The van der Waals surface area contributed by atoms with Gasteiger partial charge in [0.2, 0.25) is 5.88 Å². The molecule has 0 unspecified atom stereocenters. The number of alkyl halides is 3. The molecule has 0 bridgehead atoms. The summed E-state index contributed by atoms with van der Waals surface area (Å²) in [6, 6.07) is 17.0. The fourth-order valence-electron chi connectivity index (χ4n) is 3.00. The number of anilines is 1. The predicted molar refractivity (Wildman–Crippen MR) is 118 cm³/mol. The fraction of sp³-hybridized carbons (Fsp3) is 0.0870. The first kappa shape index (κ1) is 22.3. The molecule has 0 radical (unpaired) electrons. The second kappa shape index (κ2) is 9.33. The Morgan fingerprint density at radius 2 is 1.85 bits per heavy atom. The van der Waals surface area contributed by atoms with Gasteiger partial charge in [-0.3, -0.25) is 4.79 Å². The lowest BCUT2D eigenvalue weighted by Crippen LogP contribution is -2.20. The van der Waals surface area contributed by atoms with Gasteiger partial charge >= 0.3 is 6.18 Å². The number of carbonyl (C=O) groups excluding carboxylic acids is 1. The summed E-state index contributed by atoms with van der Waals surface area (Å²) < 4.78 is 41.6. The summed E-state index contributed by atoms with van der Waals surface area (Å²) in [7, 11) is 0. The number of nitrogens with zero attached hydrogens (tertiary/aromatic N) is 2. The number of benzene rings is 2. The van der Waals surface area contributed by atoms with E-state index in [2.05, 4.69) is 25.0 Å². The highest BCUT2D eigenvalue weighted by Crippen LogP contribution is 2.30. The zero-order valence-electron chi connectivity index (χ0n) is 16.9. The number of ether oxygens (including phenoxy) is 1. The second-order valence-corrected chi connectivity index (χ2v) is 7.35. The molecule has 10 heteroatoms. The third-order valence-corrected chi connectivity index (χ3v) is 4.85. The van der Waals surface area contributed by atoms with E-state index in [1.54, 1.807) is 24.4 Å². The number of pyridine rings is 1. The number of imidazole rings is 1. The van der Waals surface area contributed by atoms with Crippen LogP contribution in [0.3, 0.4) is 0 Å². The maximum absolute atomic E-state index is 12.6. The molecule has 2 aromatic carbocycles. The van der Waals surface area contributed by atoms with Gasteiger partial charge < -0.3 is 15.0 Å². The molecule has 0 aliphatic rings. The van der Waals surface area contributed by atoms with E-state index < -0.39 is 18.7 Å². The van der Waals surface area contributed by atoms with E-state index in [0.29, 0.717) is 22.1 Å². The van der Waals surface area contributed by atoms with Gasteiger partial charge in [0.05, 0.1) is 16.9 Å². The van der Waals surface area contributed by atoms with Gasteiger partial charge in [-0.15, -0.1) is 0 Å². The van der Waals surface area contributed by atoms with Gasteiger partial charge in [-0.25, -0.2) is 9.97 Å². The average molecular weight is 473 g/mol. The van der Waals surface area contributed by atoms with Gasteiger partial charge in [-0.05, 0) is 29.8 Å². The minimum Gasteiger partial charge on any atom is -0.468 e. The van der Waals surface area contributed by atoms with E-state index in [1.165, 1.54) is 12.3 Å². The molecule has 0 spiro atoms. The Morgan fingerprint density at radius 1 is 1.06 bits per heavy atom. The predicted octanol–water partition coefficient (Wildman–Crippen LogP) is 5.99. The normalized spacial score (nSPS) is 11.3. The van der Waals surface area contributed by atoms with Crippen molar-refractivity contribution in [3.8, 4) is 28.5 Å². The van der Waals surface area contributed by atoms with Crippen LogP contribution in [0.25, 0.3) is 22.6 Å². The highest BCUT2D eigenvalue weighted by atomic mass is 35.5. The lowest BCUT2D eigenvalue weighted by Gasteiger charge is -2.10. The van der Waals surface area contributed by atoms with Gasteiger partial charge in [-0.2, -0.15) is 13.2 Å². The minimum atomic E-state index is -4.51. The van der Waals surface area contributed by atoms with Gasteiger partial charge in [0.25, 0.3) is 5.91 Å². The molecule has 0 saturated heterocycles. The number of H-pyrrole nitrogens is 1. The van der Waals surface area contributed by atoms with Crippen molar-refractivity contribution in [2.75, 3.05) is 11.9 Å². The first-order chi connectivity index (χ1) is 15.8. The second-order valence-electron chi connectivity index (χ2n) is 6.95. The summed E-state index contributed by atoms with van der Waals surface area (Å²) in [5, 5.41) is 3.11. The highest BCUT2D eigenvalue weighted by Gasteiger charge is 2.28. The molecule has 168 valence electrons. The van der Waals surface area contributed by atoms with Crippen molar-refractivity contribution in [2.24, 2.45) is 0 Å². The standard InChI is InChI=1S/C23H16ClF3N4O2/c24-18-7-6-16(11-17(18)21-29-12-19(31-21)14-4-2-1-3-5-14)30-22(32)15-8-9-28-20(10-15)33-13-23(25,26)27/h1-12H,13H2,(H,29,31)(H,30,32). The molecule has 4 aromatic rings. The first-order valence-corrected chi connectivity index (χ1v) is 10.0. The van der Waals surface area contributed by atoms with Crippen LogP contribution in [0.5, 0.6) is 5.88 Å². The fourth-order valence-corrected chi connectivity index (χ4v) is 3.20. The lowest BCUT2D eigenvalue weighted by molar-refractivity contribution is -0.154. The molecule has 0 fully saturated rings. The molecule has 2 N–H and O–H groups in total. The van der Waals surface area contributed by atoms with Gasteiger partial charge in [0.15, 0.2) is 6.61 Å². The number of hydrogen-bond acceptors (Lipinski definition) is 4. The molecule has 0 atom stereocenters. The van der Waals surface area contributed by atoms with Crippen LogP contribution in [-0.4, -0.2) is 33.6 Å². The van der Waals surface area contributed by atoms with Crippen LogP contribution in [0.1, 0.15) is 10.4 Å². The molecular formula is C23H16ClF3N4O2. The van der Waals surface area contributed by atoms with Crippen LogP contribution >= 0.6 is 11.6 Å². The van der Waals surface area contributed by atoms with Gasteiger partial charge in [0, 0.05) is 29.1 Å². The monoisotopic (exact) mass is 472 g/mol. The van der Waals surface area contributed by atoms with Crippen molar-refractivity contribution in [3.05, 3.63) is 83.6 Å². The zero-order chi connectivity index (χ0) is 23.4. The van der Waals surface area contributed by atoms with Crippen molar-refractivity contribution in [1.82, 2.24) is 15.0 Å². The molecule has 0 saturated carbocycles. The Morgan fingerprint density at radius 3 is 2.61 bits per heavy atom. The average Bonchev–Trinajstić information content (AvgIpc) is 3.29. The third-order valence-electron chi connectivity index (χ3n) is 4.52. The molecule has 2 aromatic heterocycles. The number of amides is 1. The summed E-state index contributed by atoms with van der Waals surface area (Å²) in [6.45, 7) is -1.50. The number of carbonyl (C=O) groups is 1. The van der Waals surface area contributed by atoms with E-state index in [4.69, 9.17) is 11.6 Å². The van der Waals surface area contributed by atoms with E-state index in [9.17, 15) is 18.0 Å². The maximum Gasteiger partial charge on any atom is 0.422 e. The van der Waals surface area contributed by atoms with Crippen LogP contribution in [0.2, 0.25) is 5.02 Å². The zero-order valence-corrected chi connectivity index (χ0v) is 17.6. The van der Waals surface area contributed by atoms with Crippen LogP contribution in [0.15, 0.2) is 73.1 Å². The Balaban J connectivity index is 1.52.